The van der Waals surface area contributed by atoms with Crippen LogP contribution in [0, 0.1) is 5.92 Å². The average Bonchev–Trinajstić information content (AvgIpc) is 2.11. The fourth-order valence-corrected chi connectivity index (χ4v) is 1.92. The monoisotopic (exact) mass is 200 g/mol. The third-order valence-corrected chi connectivity index (χ3v) is 2.74. The van der Waals surface area contributed by atoms with Crippen molar-refractivity contribution < 1.29 is 0 Å². The van der Waals surface area contributed by atoms with Crippen LogP contribution in [0.25, 0.3) is 0 Å². The van der Waals surface area contributed by atoms with Crippen LogP contribution in [0.3, 0.4) is 0 Å². The van der Waals surface area contributed by atoms with Gasteiger partial charge >= 0.3 is 0 Å². The zero-order valence-corrected chi connectivity index (χ0v) is 10.7. The molecule has 0 saturated carbocycles. The summed E-state index contributed by atoms with van der Waals surface area (Å²) >= 11 is 0. The van der Waals surface area contributed by atoms with Gasteiger partial charge < -0.3 is 9.80 Å². The summed E-state index contributed by atoms with van der Waals surface area (Å²) in [4.78, 5) is 4.78. The molecule has 14 heavy (non-hydrogen) atoms. The molecule has 0 saturated heterocycles. The van der Waals surface area contributed by atoms with E-state index in [1.807, 2.05) is 0 Å². The molecule has 0 fully saturated rings. The predicted octanol–water partition coefficient (Wildman–Crippen LogP) is 2.31. The lowest BCUT2D eigenvalue weighted by atomic mass is 10.1. The van der Waals surface area contributed by atoms with Gasteiger partial charge in [-0.25, -0.2) is 0 Å². The molecule has 0 radical (unpaired) electrons. The third kappa shape index (κ3) is 7.34. The quantitative estimate of drug-likeness (QED) is 0.593. The molecule has 0 N–H and O–H groups in total. The van der Waals surface area contributed by atoms with Gasteiger partial charge in [0, 0.05) is 6.54 Å². The predicted molar refractivity (Wildman–Crippen MR) is 64.7 cm³/mol. The lowest BCUT2D eigenvalue weighted by Crippen LogP contribution is -2.25. The van der Waals surface area contributed by atoms with Crippen molar-refractivity contribution in [2.75, 3.05) is 40.3 Å². The van der Waals surface area contributed by atoms with Gasteiger partial charge in [-0.2, -0.15) is 0 Å². The highest BCUT2D eigenvalue weighted by Crippen LogP contribution is 2.07. The van der Waals surface area contributed by atoms with Gasteiger partial charge in [-0.1, -0.05) is 20.8 Å². The number of nitrogens with zero attached hydrogens (tertiary/aromatic N) is 2. The molecule has 0 aliphatic rings. The smallest absolute Gasteiger partial charge is 0.0000928 e. The summed E-state index contributed by atoms with van der Waals surface area (Å²) in [6.07, 6.45) is 2.70. The fraction of sp³-hybridized carbons (Fsp3) is 1.00. The molecule has 0 spiro atoms. The van der Waals surface area contributed by atoms with Gasteiger partial charge in [0.1, 0.15) is 0 Å². The molecule has 86 valence electrons. The molecule has 2 heteroatoms. The fourth-order valence-electron chi connectivity index (χ4n) is 1.92. The van der Waals surface area contributed by atoms with Gasteiger partial charge in [-0.3, -0.25) is 0 Å². The summed E-state index contributed by atoms with van der Waals surface area (Å²) in [7, 11) is 4.31. The van der Waals surface area contributed by atoms with Crippen LogP contribution in [0.4, 0.5) is 0 Å². The molecule has 0 amide bonds. The Bertz CT molecular complexity index is 119. The zero-order chi connectivity index (χ0) is 11.0. The Morgan fingerprint density at radius 1 is 1.07 bits per heavy atom. The first-order chi connectivity index (χ1) is 6.60. The van der Waals surface area contributed by atoms with Crippen molar-refractivity contribution in [2.24, 2.45) is 5.92 Å². The van der Waals surface area contributed by atoms with E-state index in [2.05, 4.69) is 44.7 Å². The van der Waals surface area contributed by atoms with Gasteiger partial charge in [0.15, 0.2) is 0 Å². The maximum atomic E-state index is 2.50. The summed E-state index contributed by atoms with van der Waals surface area (Å²) in [6.45, 7) is 11.7. The zero-order valence-electron chi connectivity index (χ0n) is 10.7. The van der Waals surface area contributed by atoms with E-state index in [-0.39, 0.29) is 0 Å². The lowest BCUT2D eigenvalue weighted by Gasteiger charge is -2.20. The molecule has 0 bridgehead atoms. The van der Waals surface area contributed by atoms with Crippen molar-refractivity contribution in [2.45, 2.75) is 33.6 Å². The molecule has 0 aliphatic carbocycles. The second-order valence-electron chi connectivity index (χ2n) is 4.54. The first-order valence-electron chi connectivity index (χ1n) is 5.97. The van der Waals surface area contributed by atoms with E-state index >= 15 is 0 Å². The van der Waals surface area contributed by atoms with Crippen molar-refractivity contribution in [3.63, 3.8) is 0 Å². The average molecular weight is 200 g/mol. The number of hydrogen-bond donors (Lipinski definition) is 0. The highest BCUT2D eigenvalue weighted by Gasteiger charge is 2.04. The van der Waals surface area contributed by atoms with Crippen LogP contribution in [0.2, 0.25) is 0 Å². The summed E-state index contributed by atoms with van der Waals surface area (Å²) in [5, 5.41) is 0. The summed E-state index contributed by atoms with van der Waals surface area (Å²) in [5.74, 6) is 0.834. The Labute approximate surface area is 90.3 Å². The lowest BCUT2D eigenvalue weighted by molar-refractivity contribution is 0.272. The van der Waals surface area contributed by atoms with Crippen LogP contribution >= 0.6 is 0 Å². The molecule has 2 nitrogen and oxygen atoms in total. The minimum Gasteiger partial charge on any atom is -0.309 e. The van der Waals surface area contributed by atoms with Crippen LogP contribution in [-0.4, -0.2) is 50.1 Å². The molecule has 1 atom stereocenters. The van der Waals surface area contributed by atoms with Crippen LogP contribution in [0.1, 0.15) is 33.6 Å². The molecular weight excluding hydrogens is 172 g/mol. The van der Waals surface area contributed by atoms with E-state index in [0.29, 0.717) is 0 Å². The highest BCUT2D eigenvalue weighted by molar-refractivity contribution is 4.59. The summed E-state index contributed by atoms with van der Waals surface area (Å²) < 4.78 is 0. The standard InChI is InChI=1S/C12H28N2/c1-6-14(7-2)10-8-9-12(3)11-13(4)5/h12H,6-11H2,1-5H3. The van der Waals surface area contributed by atoms with E-state index in [1.54, 1.807) is 0 Å². The van der Waals surface area contributed by atoms with Gasteiger partial charge in [0.05, 0.1) is 0 Å². The SMILES string of the molecule is CCN(CC)CCCC(C)CN(C)C. The molecule has 0 rings (SSSR count). The van der Waals surface area contributed by atoms with E-state index in [9.17, 15) is 0 Å². The van der Waals surface area contributed by atoms with Gasteiger partial charge in [0.25, 0.3) is 0 Å². The topological polar surface area (TPSA) is 6.48 Å². The van der Waals surface area contributed by atoms with Gasteiger partial charge in [0.2, 0.25) is 0 Å². The first-order valence-corrected chi connectivity index (χ1v) is 5.97. The first kappa shape index (κ1) is 13.9. The van der Waals surface area contributed by atoms with Gasteiger partial charge in [-0.05, 0) is 52.5 Å². The van der Waals surface area contributed by atoms with Crippen LogP contribution < -0.4 is 0 Å². The van der Waals surface area contributed by atoms with Crippen molar-refractivity contribution in [3.8, 4) is 0 Å². The normalized spacial score (nSPS) is 13.9. The van der Waals surface area contributed by atoms with Crippen molar-refractivity contribution >= 4 is 0 Å². The molecule has 0 aromatic heterocycles. The Morgan fingerprint density at radius 3 is 2.07 bits per heavy atom. The molecule has 0 aromatic rings. The van der Waals surface area contributed by atoms with E-state index in [1.165, 1.54) is 39.0 Å². The second-order valence-corrected chi connectivity index (χ2v) is 4.54. The van der Waals surface area contributed by atoms with E-state index in [4.69, 9.17) is 0 Å². The van der Waals surface area contributed by atoms with Crippen molar-refractivity contribution in [1.29, 1.82) is 0 Å². The largest absolute Gasteiger partial charge is 0.309 e. The number of hydrogen-bond acceptors (Lipinski definition) is 2. The number of rotatable bonds is 8. The van der Waals surface area contributed by atoms with E-state index < -0.39 is 0 Å². The maximum absolute atomic E-state index is 2.50. The Balaban J connectivity index is 3.42. The maximum Gasteiger partial charge on any atom is 0.0000928 e. The molecule has 0 heterocycles. The minimum atomic E-state index is 0.834. The Hall–Kier alpha value is -0.0800. The van der Waals surface area contributed by atoms with Crippen LogP contribution in [0.15, 0.2) is 0 Å². The minimum absolute atomic E-state index is 0.834. The van der Waals surface area contributed by atoms with Crippen molar-refractivity contribution in [1.82, 2.24) is 9.80 Å². The van der Waals surface area contributed by atoms with Crippen LogP contribution in [-0.2, 0) is 0 Å². The Morgan fingerprint density at radius 2 is 1.64 bits per heavy atom. The Kier molecular flexibility index (Phi) is 8.20. The van der Waals surface area contributed by atoms with Crippen LogP contribution in [0.5, 0.6) is 0 Å². The van der Waals surface area contributed by atoms with E-state index in [0.717, 1.165) is 5.92 Å². The van der Waals surface area contributed by atoms with Crippen molar-refractivity contribution in [3.05, 3.63) is 0 Å². The third-order valence-electron chi connectivity index (χ3n) is 2.74. The summed E-state index contributed by atoms with van der Waals surface area (Å²) in [6, 6.07) is 0. The molecule has 0 aliphatic heterocycles. The molecule has 1 unspecified atom stereocenters. The molecule has 0 aromatic carbocycles. The second kappa shape index (κ2) is 8.25. The molecular formula is C12H28N2. The summed E-state index contributed by atoms with van der Waals surface area (Å²) in [5.41, 5.74) is 0. The van der Waals surface area contributed by atoms with Gasteiger partial charge in [-0.15, -0.1) is 0 Å². The highest BCUT2D eigenvalue weighted by atomic mass is 15.1.